The Morgan fingerprint density at radius 1 is 0.923 bits per heavy atom. The summed E-state index contributed by atoms with van der Waals surface area (Å²) in [5.74, 6) is -0.856. The number of hydrogen-bond donors (Lipinski definition) is 1. The van der Waals surface area contributed by atoms with Crippen molar-refractivity contribution in [2.24, 2.45) is 0 Å². The number of rotatable bonds is 6. The molecule has 2 heterocycles. The predicted molar refractivity (Wildman–Crippen MR) is 146 cm³/mol. The number of amides is 1. The molecule has 7 nitrogen and oxygen atoms in total. The highest BCUT2D eigenvalue weighted by molar-refractivity contribution is 6.32. The number of carbonyl (C=O) groups excluding carboxylic acids is 1. The molecule has 0 bridgehead atoms. The number of ether oxygens (including phenoxy) is 3. The van der Waals surface area contributed by atoms with Crippen LogP contribution in [0.3, 0.4) is 0 Å². The van der Waals surface area contributed by atoms with Gasteiger partial charge in [0.25, 0.3) is 5.91 Å². The van der Waals surface area contributed by atoms with E-state index >= 15 is 0 Å². The van der Waals surface area contributed by atoms with Crippen molar-refractivity contribution in [3.8, 4) is 17.2 Å². The summed E-state index contributed by atoms with van der Waals surface area (Å²) in [4.78, 5) is 28.2. The largest absolute Gasteiger partial charge is 0.487 e. The van der Waals surface area contributed by atoms with Gasteiger partial charge in [0.15, 0.2) is 11.5 Å². The second-order valence-corrected chi connectivity index (χ2v) is 9.72. The number of carboxylic acids is 1. The molecule has 0 fully saturated rings. The van der Waals surface area contributed by atoms with Gasteiger partial charge in [-0.25, -0.2) is 0 Å². The van der Waals surface area contributed by atoms with Crippen molar-refractivity contribution >= 4 is 29.2 Å². The van der Waals surface area contributed by atoms with E-state index in [1.165, 1.54) is 4.90 Å². The summed E-state index contributed by atoms with van der Waals surface area (Å²) in [6.45, 7) is 1.15. The van der Waals surface area contributed by atoms with Crippen LogP contribution in [0.1, 0.15) is 39.0 Å². The summed E-state index contributed by atoms with van der Waals surface area (Å²) in [7, 11) is 0. The summed E-state index contributed by atoms with van der Waals surface area (Å²) in [6.07, 6.45) is 0. The van der Waals surface area contributed by atoms with Crippen LogP contribution in [0.15, 0.2) is 91.0 Å². The SMILES string of the molecule is O=C(O)C1c2ccccc2C(=O)N(c2ccc(OCc3ccccc3)c(Cl)c2)C1c1ccc2c(c1)OCCO2. The highest BCUT2D eigenvalue weighted by atomic mass is 35.5. The van der Waals surface area contributed by atoms with Gasteiger partial charge in [-0.15, -0.1) is 0 Å². The lowest BCUT2D eigenvalue weighted by Gasteiger charge is -2.41. The van der Waals surface area contributed by atoms with Crippen molar-refractivity contribution in [3.05, 3.63) is 118 Å². The van der Waals surface area contributed by atoms with E-state index in [9.17, 15) is 14.7 Å². The molecule has 1 N–H and O–H groups in total. The average molecular weight is 542 g/mol. The Balaban J connectivity index is 1.43. The monoisotopic (exact) mass is 541 g/mol. The topological polar surface area (TPSA) is 85.3 Å². The number of carbonyl (C=O) groups is 2. The number of nitrogens with zero attached hydrogens (tertiary/aromatic N) is 1. The molecule has 4 aromatic rings. The standard InChI is InChI=1S/C31H24ClNO6/c32-24-17-21(11-13-25(24)39-18-19-6-2-1-3-7-19)33-29(20-10-12-26-27(16-20)38-15-14-37-26)28(31(35)36)22-8-4-5-9-23(22)30(33)34/h1-13,16-17,28-29H,14-15,18H2,(H,35,36). The van der Waals surface area contributed by atoms with Gasteiger partial charge in [0, 0.05) is 11.3 Å². The zero-order chi connectivity index (χ0) is 26.9. The second kappa shape index (κ2) is 10.3. The van der Waals surface area contributed by atoms with Crippen LogP contribution in [0.2, 0.25) is 5.02 Å². The molecule has 0 aliphatic carbocycles. The lowest BCUT2D eigenvalue weighted by Crippen LogP contribution is -2.45. The van der Waals surface area contributed by atoms with Gasteiger partial charge >= 0.3 is 5.97 Å². The molecule has 1 amide bonds. The van der Waals surface area contributed by atoms with Crippen LogP contribution in [0.25, 0.3) is 0 Å². The van der Waals surface area contributed by atoms with E-state index in [1.807, 2.05) is 30.3 Å². The smallest absolute Gasteiger partial charge is 0.313 e. The highest BCUT2D eigenvalue weighted by Gasteiger charge is 2.45. The fourth-order valence-corrected chi connectivity index (χ4v) is 5.39. The highest BCUT2D eigenvalue weighted by Crippen LogP contribution is 2.47. The van der Waals surface area contributed by atoms with E-state index in [4.69, 9.17) is 25.8 Å². The first kappa shape index (κ1) is 24.8. The fraction of sp³-hybridized carbons (Fsp3) is 0.161. The van der Waals surface area contributed by atoms with Crippen molar-refractivity contribution in [2.75, 3.05) is 18.1 Å². The second-order valence-electron chi connectivity index (χ2n) is 9.32. The molecular formula is C31H24ClNO6. The Hall–Kier alpha value is -4.49. The van der Waals surface area contributed by atoms with Crippen molar-refractivity contribution in [3.63, 3.8) is 0 Å². The summed E-state index contributed by atoms with van der Waals surface area (Å²) in [6, 6.07) is 26.0. The molecule has 2 unspecified atom stereocenters. The third-order valence-electron chi connectivity index (χ3n) is 6.94. The van der Waals surface area contributed by atoms with Crippen LogP contribution in [0, 0.1) is 0 Å². The normalized spacial score (nSPS) is 17.9. The minimum absolute atomic E-state index is 0.308. The van der Waals surface area contributed by atoms with Gasteiger partial charge in [-0.05, 0) is 53.1 Å². The zero-order valence-electron chi connectivity index (χ0n) is 20.7. The lowest BCUT2D eigenvalue weighted by molar-refractivity contribution is -0.139. The van der Waals surface area contributed by atoms with E-state index in [0.717, 1.165) is 5.56 Å². The number of benzene rings is 4. The van der Waals surface area contributed by atoms with Gasteiger partial charge < -0.3 is 19.3 Å². The molecule has 196 valence electrons. The van der Waals surface area contributed by atoms with E-state index < -0.39 is 17.9 Å². The number of halogens is 1. The third kappa shape index (κ3) is 4.66. The number of fused-ring (bicyclic) bond motifs is 2. The zero-order valence-corrected chi connectivity index (χ0v) is 21.5. The van der Waals surface area contributed by atoms with Crippen LogP contribution >= 0.6 is 11.6 Å². The molecule has 4 aromatic carbocycles. The molecular weight excluding hydrogens is 518 g/mol. The van der Waals surface area contributed by atoms with E-state index in [2.05, 4.69) is 0 Å². The van der Waals surface area contributed by atoms with Gasteiger partial charge in [-0.1, -0.05) is 66.2 Å². The van der Waals surface area contributed by atoms with E-state index in [1.54, 1.807) is 60.7 Å². The molecule has 0 saturated heterocycles. The number of aliphatic carboxylic acids is 1. The lowest BCUT2D eigenvalue weighted by atomic mass is 9.79. The minimum Gasteiger partial charge on any atom is -0.487 e. The van der Waals surface area contributed by atoms with E-state index in [0.29, 0.717) is 64.5 Å². The van der Waals surface area contributed by atoms with Gasteiger partial charge in [-0.2, -0.15) is 0 Å². The molecule has 2 atom stereocenters. The number of hydrogen-bond acceptors (Lipinski definition) is 5. The fourth-order valence-electron chi connectivity index (χ4n) is 5.16. The molecule has 0 radical (unpaired) electrons. The Labute approximate surface area is 230 Å². The molecule has 2 aliphatic heterocycles. The van der Waals surface area contributed by atoms with E-state index in [-0.39, 0.29) is 5.91 Å². The number of anilines is 1. The van der Waals surface area contributed by atoms with Crippen LogP contribution < -0.4 is 19.1 Å². The maximum absolute atomic E-state index is 14.0. The average Bonchev–Trinajstić information content (AvgIpc) is 2.96. The van der Waals surface area contributed by atoms with Gasteiger partial charge in [0.2, 0.25) is 0 Å². The summed E-state index contributed by atoms with van der Waals surface area (Å²) < 4.78 is 17.4. The van der Waals surface area contributed by atoms with Crippen molar-refractivity contribution in [1.29, 1.82) is 0 Å². The maximum Gasteiger partial charge on any atom is 0.313 e. The van der Waals surface area contributed by atoms with Crippen LogP contribution in [-0.2, 0) is 11.4 Å². The summed E-state index contributed by atoms with van der Waals surface area (Å²) in [5, 5.41) is 10.8. The third-order valence-corrected chi connectivity index (χ3v) is 7.24. The Morgan fingerprint density at radius 3 is 2.44 bits per heavy atom. The van der Waals surface area contributed by atoms with Gasteiger partial charge in [-0.3, -0.25) is 14.5 Å². The first-order chi connectivity index (χ1) is 19.0. The molecule has 0 aromatic heterocycles. The molecule has 39 heavy (non-hydrogen) atoms. The molecule has 6 rings (SSSR count). The Morgan fingerprint density at radius 2 is 1.67 bits per heavy atom. The van der Waals surface area contributed by atoms with Crippen molar-refractivity contribution in [2.45, 2.75) is 18.6 Å². The molecule has 0 spiro atoms. The van der Waals surface area contributed by atoms with Crippen molar-refractivity contribution in [1.82, 2.24) is 0 Å². The number of carboxylic acid groups (broad SMARTS) is 1. The first-order valence-corrected chi connectivity index (χ1v) is 12.9. The van der Waals surface area contributed by atoms with Crippen LogP contribution in [0.5, 0.6) is 17.2 Å². The minimum atomic E-state index is -1.05. The first-order valence-electron chi connectivity index (χ1n) is 12.5. The quantitative estimate of drug-likeness (QED) is 0.310. The van der Waals surface area contributed by atoms with Crippen molar-refractivity contribution < 1.29 is 28.9 Å². The van der Waals surface area contributed by atoms with Gasteiger partial charge in [0.1, 0.15) is 31.5 Å². The summed E-state index contributed by atoms with van der Waals surface area (Å²) in [5.41, 5.74) is 2.84. The Kier molecular flexibility index (Phi) is 6.59. The molecule has 0 saturated carbocycles. The van der Waals surface area contributed by atoms with Crippen LogP contribution in [-0.4, -0.2) is 30.2 Å². The molecule has 2 aliphatic rings. The predicted octanol–water partition coefficient (Wildman–Crippen LogP) is 6.26. The van der Waals surface area contributed by atoms with Crippen LogP contribution in [0.4, 0.5) is 5.69 Å². The van der Waals surface area contributed by atoms with Gasteiger partial charge in [0.05, 0.1) is 11.1 Å². The molecule has 8 heteroatoms. The Bertz CT molecular complexity index is 1560. The maximum atomic E-state index is 14.0. The summed E-state index contributed by atoms with van der Waals surface area (Å²) >= 11 is 6.63.